The third kappa shape index (κ3) is 4.12. The zero-order chi connectivity index (χ0) is 15.2. The van der Waals surface area contributed by atoms with Gasteiger partial charge in [0.15, 0.2) is 0 Å². The Morgan fingerprint density at radius 3 is 2.95 bits per heavy atom. The molecule has 0 spiro atoms. The number of nitrogens with zero attached hydrogens (tertiary/aromatic N) is 2. The fourth-order valence-corrected chi connectivity index (χ4v) is 2.88. The van der Waals surface area contributed by atoms with Crippen molar-refractivity contribution in [3.63, 3.8) is 0 Å². The largest absolute Gasteiger partial charge is 0.383 e. The Morgan fingerprint density at radius 1 is 1.48 bits per heavy atom. The van der Waals surface area contributed by atoms with E-state index in [-0.39, 0.29) is 11.9 Å². The molecule has 0 aliphatic rings. The van der Waals surface area contributed by atoms with Gasteiger partial charge in [0, 0.05) is 7.11 Å². The van der Waals surface area contributed by atoms with Crippen LogP contribution >= 0.6 is 15.9 Å². The summed E-state index contributed by atoms with van der Waals surface area (Å²) in [6.45, 7) is 1.27. The minimum atomic E-state index is -0.214. The first-order valence-electron chi connectivity index (χ1n) is 6.77. The molecule has 21 heavy (non-hydrogen) atoms. The molecule has 0 bridgehead atoms. The third-order valence-electron chi connectivity index (χ3n) is 3.35. The Labute approximate surface area is 132 Å². The zero-order valence-electron chi connectivity index (χ0n) is 12.1. The fraction of sp³-hybridized carbons (Fsp3) is 0.400. The summed E-state index contributed by atoms with van der Waals surface area (Å²) in [5.74, 6) is -0.214. The van der Waals surface area contributed by atoms with Crippen molar-refractivity contribution >= 4 is 15.9 Å². The maximum atomic E-state index is 13.3. The van der Waals surface area contributed by atoms with Gasteiger partial charge in [0.05, 0.1) is 35.6 Å². The summed E-state index contributed by atoms with van der Waals surface area (Å²) in [5, 5.41) is 7.63. The van der Waals surface area contributed by atoms with Gasteiger partial charge in [-0.05, 0) is 47.1 Å². The molecule has 1 heterocycles. The van der Waals surface area contributed by atoms with Crippen molar-refractivity contribution in [3.8, 4) is 0 Å². The highest BCUT2D eigenvalue weighted by Crippen LogP contribution is 2.26. The first-order valence-corrected chi connectivity index (χ1v) is 7.57. The van der Waals surface area contributed by atoms with E-state index in [2.05, 4.69) is 26.3 Å². The van der Waals surface area contributed by atoms with Crippen LogP contribution < -0.4 is 5.32 Å². The van der Waals surface area contributed by atoms with Crippen LogP contribution in [0.25, 0.3) is 0 Å². The van der Waals surface area contributed by atoms with Gasteiger partial charge in [-0.2, -0.15) is 5.10 Å². The van der Waals surface area contributed by atoms with Crippen LogP contribution in [0.4, 0.5) is 4.39 Å². The fourth-order valence-electron chi connectivity index (χ4n) is 2.31. The quantitative estimate of drug-likeness (QED) is 0.829. The van der Waals surface area contributed by atoms with Crippen LogP contribution in [-0.2, 0) is 17.7 Å². The molecule has 0 aliphatic heterocycles. The summed E-state index contributed by atoms with van der Waals surface area (Å²) in [4.78, 5) is 0. The average molecular weight is 356 g/mol. The van der Waals surface area contributed by atoms with Crippen molar-refractivity contribution in [1.29, 1.82) is 0 Å². The molecule has 1 atom stereocenters. The van der Waals surface area contributed by atoms with Gasteiger partial charge in [0.1, 0.15) is 5.82 Å². The van der Waals surface area contributed by atoms with Crippen LogP contribution in [-0.4, -0.2) is 30.5 Å². The van der Waals surface area contributed by atoms with E-state index in [9.17, 15) is 4.39 Å². The number of halogens is 2. The number of likely N-dealkylation sites (N-methyl/N-ethyl adjacent to an activating group) is 1. The Morgan fingerprint density at radius 2 is 2.29 bits per heavy atom. The highest BCUT2D eigenvalue weighted by molar-refractivity contribution is 9.10. The second-order valence-corrected chi connectivity index (χ2v) is 5.62. The summed E-state index contributed by atoms with van der Waals surface area (Å²) in [7, 11) is 3.56. The number of hydrogen-bond acceptors (Lipinski definition) is 3. The molecule has 4 nitrogen and oxygen atoms in total. The molecule has 0 aliphatic carbocycles. The molecule has 1 unspecified atom stereocenters. The van der Waals surface area contributed by atoms with Gasteiger partial charge in [0.2, 0.25) is 0 Å². The molecule has 1 N–H and O–H groups in total. The Kier molecular flexibility index (Phi) is 5.90. The first kappa shape index (κ1) is 16.1. The lowest BCUT2D eigenvalue weighted by Crippen LogP contribution is -2.24. The number of methoxy groups -OCH3 is 1. The predicted octanol–water partition coefficient (Wildman–Crippen LogP) is 2.93. The normalized spacial score (nSPS) is 12.6. The van der Waals surface area contributed by atoms with Gasteiger partial charge >= 0.3 is 0 Å². The molecule has 1 aromatic heterocycles. The highest BCUT2D eigenvalue weighted by atomic mass is 79.9. The van der Waals surface area contributed by atoms with E-state index in [1.807, 2.05) is 17.8 Å². The second kappa shape index (κ2) is 7.68. The number of aromatic nitrogens is 2. The standard InChI is InChI=1S/C15H19BrFN3O/c1-18-14(9-11-4-3-5-12(17)8-11)15-13(16)10-19-20(15)6-7-21-2/h3-5,8,10,14,18H,6-7,9H2,1-2H3. The van der Waals surface area contributed by atoms with E-state index >= 15 is 0 Å². The third-order valence-corrected chi connectivity index (χ3v) is 3.96. The van der Waals surface area contributed by atoms with Crippen LogP contribution in [0.1, 0.15) is 17.3 Å². The summed E-state index contributed by atoms with van der Waals surface area (Å²) in [6, 6.07) is 6.72. The molecule has 1 aromatic carbocycles. The molecule has 0 fully saturated rings. The Bertz CT molecular complexity index is 588. The molecule has 0 amide bonds. The minimum Gasteiger partial charge on any atom is -0.383 e. The van der Waals surface area contributed by atoms with E-state index < -0.39 is 0 Å². The molecule has 0 saturated heterocycles. The number of benzene rings is 1. The molecule has 0 saturated carbocycles. The maximum Gasteiger partial charge on any atom is 0.123 e. The first-order chi connectivity index (χ1) is 10.2. The van der Waals surface area contributed by atoms with Crippen molar-refractivity contribution in [2.75, 3.05) is 20.8 Å². The van der Waals surface area contributed by atoms with Crippen LogP contribution in [0.2, 0.25) is 0 Å². The number of rotatable bonds is 7. The molecule has 0 radical (unpaired) electrons. The lowest BCUT2D eigenvalue weighted by molar-refractivity contribution is 0.181. The van der Waals surface area contributed by atoms with Gasteiger partial charge in [-0.25, -0.2) is 4.39 Å². The molecule has 114 valence electrons. The van der Waals surface area contributed by atoms with Crippen molar-refractivity contribution in [2.45, 2.75) is 19.0 Å². The second-order valence-electron chi connectivity index (χ2n) is 4.77. The molecule has 2 aromatic rings. The summed E-state index contributed by atoms with van der Waals surface area (Å²) >= 11 is 3.54. The van der Waals surface area contributed by atoms with Gasteiger partial charge in [-0.1, -0.05) is 12.1 Å². The number of hydrogen-bond donors (Lipinski definition) is 1. The summed E-state index contributed by atoms with van der Waals surface area (Å²) in [5.41, 5.74) is 1.99. The SMILES string of the molecule is CNC(Cc1cccc(F)c1)c1c(Br)cnn1CCOC. The van der Waals surface area contributed by atoms with E-state index in [1.165, 1.54) is 6.07 Å². The monoisotopic (exact) mass is 355 g/mol. The van der Waals surface area contributed by atoms with Crippen LogP contribution in [0.5, 0.6) is 0 Å². The van der Waals surface area contributed by atoms with Crippen LogP contribution in [0.15, 0.2) is 34.9 Å². The maximum absolute atomic E-state index is 13.3. The minimum absolute atomic E-state index is 0.0422. The van der Waals surface area contributed by atoms with Gasteiger partial charge in [-0.15, -0.1) is 0 Å². The topological polar surface area (TPSA) is 39.1 Å². The molecular weight excluding hydrogens is 337 g/mol. The van der Waals surface area contributed by atoms with Gasteiger partial charge < -0.3 is 10.1 Å². The van der Waals surface area contributed by atoms with Gasteiger partial charge in [0.25, 0.3) is 0 Å². The van der Waals surface area contributed by atoms with E-state index in [0.717, 1.165) is 15.7 Å². The Hall–Kier alpha value is -1.24. The van der Waals surface area contributed by atoms with Crippen molar-refractivity contribution in [3.05, 3.63) is 52.0 Å². The van der Waals surface area contributed by atoms with Gasteiger partial charge in [-0.3, -0.25) is 4.68 Å². The Balaban J connectivity index is 2.22. The number of nitrogens with one attached hydrogen (secondary N) is 1. The zero-order valence-corrected chi connectivity index (χ0v) is 13.7. The lowest BCUT2D eigenvalue weighted by Gasteiger charge is -2.19. The van der Waals surface area contributed by atoms with E-state index in [0.29, 0.717) is 19.6 Å². The smallest absolute Gasteiger partial charge is 0.123 e. The van der Waals surface area contributed by atoms with Crippen molar-refractivity contribution in [2.24, 2.45) is 0 Å². The number of ether oxygens (including phenoxy) is 1. The molecule has 2 rings (SSSR count). The summed E-state index contributed by atoms with van der Waals surface area (Å²) in [6.07, 6.45) is 2.46. The van der Waals surface area contributed by atoms with Crippen LogP contribution in [0.3, 0.4) is 0 Å². The molecular formula is C15H19BrFN3O. The summed E-state index contributed by atoms with van der Waals surface area (Å²) < 4.78 is 21.3. The predicted molar refractivity (Wildman–Crippen MR) is 83.7 cm³/mol. The van der Waals surface area contributed by atoms with E-state index in [4.69, 9.17) is 4.74 Å². The lowest BCUT2D eigenvalue weighted by atomic mass is 10.0. The molecule has 6 heteroatoms. The average Bonchev–Trinajstić information content (AvgIpc) is 2.83. The highest BCUT2D eigenvalue weighted by Gasteiger charge is 2.19. The van der Waals surface area contributed by atoms with Crippen molar-refractivity contribution in [1.82, 2.24) is 15.1 Å². The van der Waals surface area contributed by atoms with Crippen LogP contribution in [0, 0.1) is 5.82 Å². The van der Waals surface area contributed by atoms with Crippen molar-refractivity contribution < 1.29 is 9.13 Å². The van der Waals surface area contributed by atoms with E-state index in [1.54, 1.807) is 25.4 Å².